The molecule has 0 fully saturated rings. The number of nitrogens with zero attached hydrogens (tertiary/aromatic N) is 1. The van der Waals surface area contributed by atoms with Crippen molar-refractivity contribution in [2.45, 2.75) is 4.90 Å². The summed E-state index contributed by atoms with van der Waals surface area (Å²) in [5.74, 6) is -4.81. The fourth-order valence-electron chi connectivity index (χ4n) is 5.00. The van der Waals surface area contributed by atoms with Gasteiger partial charge in [0.2, 0.25) is 0 Å². The van der Waals surface area contributed by atoms with Crippen molar-refractivity contribution in [1.82, 2.24) is 0 Å². The van der Waals surface area contributed by atoms with Gasteiger partial charge < -0.3 is 35.5 Å². The summed E-state index contributed by atoms with van der Waals surface area (Å²) >= 11 is 0. The van der Waals surface area contributed by atoms with Crippen LogP contribution in [0.2, 0.25) is 0 Å². The lowest BCUT2D eigenvalue weighted by Crippen LogP contribution is -2.34. The number of hydrogen-bond donors (Lipinski definition) is 7. The Kier molecular flexibility index (Phi) is 7.79. The van der Waals surface area contributed by atoms with Crippen LogP contribution in [0, 0.1) is 5.41 Å². The summed E-state index contributed by atoms with van der Waals surface area (Å²) in [6, 6.07) is 16.7. The third-order valence-electron chi connectivity index (χ3n) is 6.78. The number of carbonyl (C=O) groups is 3. The Labute approximate surface area is 254 Å². The summed E-state index contributed by atoms with van der Waals surface area (Å²) in [6.07, 6.45) is 0. The monoisotopic (exact) mass is 632 g/mol. The normalized spacial score (nSPS) is 11.4. The van der Waals surface area contributed by atoms with E-state index >= 15 is 0 Å². The number of nitrogens with two attached hydrogens (primary N) is 1. The molecule has 3 aromatic carbocycles. The first-order valence-corrected chi connectivity index (χ1v) is 14.5. The second-order valence-electron chi connectivity index (χ2n) is 9.85. The molecular weight excluding hydrogens is 608 g/mol. The van der Waals surface area contributed by atoms with Gasteiger partial charge in [-0.3, -0.25) is 19.7 Å². The van der Waals surface area contributed by atoms with Gasteiger partial charge in [0, 0.05) is 34.3 Å². The Balaban J connectivity index is 1.67. The molecule has 0 radical (unpaired) electrons. The van der Waals surface area contributed by atoms with Crippen molar-refractivity contribution < 1.29 is 47.6 Å². The largest absolute Gasteiger partial charge is 0.506 e. The van der Waals surface area contributed by atoms with Crippen molar-refractivity contribution in [2.24, 2.45) is 0 Å². The molecule has 2 aliphatic rings. The smallest absolute Gasteiger partial charge is 0.336 e. The van der Waals surface area contributed by atoms with Crippen LogP contribution in [-0.2, 0) is 19.6 Å². The predicted octanol–water partition coefficient (Wildman–Crippen LogP) is 3.45. The topological polar surface area (TPSA) is 245 Å². The van der Waals surface area contributed by atoms with Crippen LogP contribution >= 0.6 is 0 Å². The van der Waals surface area contributed by atoms with E-state index in [0.717, 1.165) is 17.0 Å². The number of anilines is 3. The molecule has 230 valence electrons. The van der Waals surface area contributed by atoms with E-state index < -0.39 is 57.0 Å². The molecule has 0 saturated heterocycles. The zero-order chi connectivity index (χ0) is 32.6. The summed E-state index contributed by atoms with van der Waals surface area (Å²) in [7, 11) is -4.65. The van der Waals surface area contributed by atoms with Gasteiger partial charge in [0.25, 0.3) is 10.0 Å². The van der Waals surface area contributed by atoms with Crippen molar-refractivity contribution in [2.75, 3.05) is 28.4 Å². The standard InChI is InChI=1S/C30H24N4O10S/c31-15-5-7-19-24(11-15)44-28-20(27(19)17-3-1-2-4-18(17)30(40)41)8-9-21(32)29(28)45(42,43)33-16-6-10-22(23(35)12-16)34(13-25(36)37)14-26(38)39/h1-12,32-33,35H,13-14,31H2,(H,36,37)(H,38,39)(H,40,41). The van der Waals surface area contributed by atoms with E-state index in [1.807, 2.05) is 0 Å². The van der Waals surface area contributed by atoms with Crippen LogP contribution in [0.1, 0.15) is 10.4 Å². The summed E-state index contributed by atoms with van der Waals surface area (Å²) in [4.78, 5) is 34.9. The van der Waals surface area contributed by atoms with Crippen molar-refractivity contribution >= 4 is 56.0 Å². The van der Waals surface area contributed by atoms with Crippen LogP contribution < -0.4 is 20.7 Å². The minimum absolute atomic E-state index is 0.0592. The van der Waals surface area contributed by atoms with Gasteiger partial charge in [0.05, 0.1) is 22.3 Å². The van der Waals surface area contributed by atoms with E-state index in [1.54, 1.807) is 30.3 Å². The highest BCUT2D eigenvalue weighted by Crippen LogP contribution is 2.44. The van der Waals surface area contributed by atoms with Gasteiger partial charge >= 0.3 is 17.9 Å². The van der Waals surface area contributed by atoms with Crippen LogP contribution in [0.25, 0.3) is 33.4 Å². The number of aliphatic carboxylic acids is 2. The van der Waals surface area contributed by atoms with Crippen molar-refractivity contribution in [1.29, 1.82) is 5.41 Å². The molecule has 0 amide bonds. The Bertz CT molecular complexity index is 2140. The second-order valence-corrected chi connectivity index (χ2v) is 11.5. The zero-order valence-electron chi connectivity index (χ0n) is 23.0. The van der Waals surface area contributed by atoms with E-state index in [0.29, 0.717) is 10.9 Å². The number of carboxylic acid groups (broad SMARTS) is 3. The van der Waals surface area contributed by atoms with Crippen molar-refractivity contribution in [3.8, 4) is 28.2 Å². The van der Waals surface area contributed by atoms with Gasteiger partial charge in [-0.2, -0.15) is 0 Å². The number of benzene rings is 4. The average molecular weight is 633 g/mol. The molecule has 0 saturated carbocycles. The van der Waals surface area contributed by atoms with Crippen LogP contribution in [0.3, 0.4) is 0 Å². The second kappa shape index (κ2) is 11.5. The average Bonchev–Trinajstić information content (AvgIpc) is 2.94. The third kappa shape index (κ3) is 5.92. The first-order valence-electron chi connectivity index (χ1n) is 13.0. The van der Waals surface area contributed by atoms with E-state index in [4.69, 9.17) is 25.8 Å². The van der Waals surface area contributed by atoms with Crippen LogP contribution in [0.15, 0.2) is 82.1 Å². The molecule has 1 aliphatic heterocycles. The molecule has 5 rings (SSSR count). The summed E-state index contributed by atoms with van der Waals surface area (Å²) in [5.41, 5.74) is 6.74. The number of nitrogens with one attached hydrogen (secondary N) is 2. The van der Waals surface area contributed by atoms with E-state index in [2.05, 4.69) is 4.72 Å². The Hall–Kier alpha value is -6.09. The number of phenols is 1. The summed E-state index contributed by atoms with van der Waals surface area (Å²) in [5, 5.41) is 47.3. The molecule has 45 heavy (non-hydrogen) atoms. The number of aromatic carboxylic acids is 1. The summed E-state index contributed by atoms with van der Waals surface area (Å²) < 4.78 is 36.0. The molecule has 15 heteroatoms. The highest BCUT2D eigenvalue weighted by Gasteiger charge is 2.30. The third-order valence-corrected chi connectivity index (χ3v) is 8.23. The zero-order valence-corrected chi connectivity index (χ0v) is 23.8. The fraction of sp³-hybridized carbons (Fsp3) is 0.0667. The molecule has 0 atom stereocenters. The highest BCUT2D eigenvalue weighted by molar-refractivity contribution is 7.92. The van der Waals surface area contributed by atoms with Gasteiger partial charge in [0.1, 0.15) is 24.4 Å². The molecule has 1 aliphatic carbocycles. The van der Waals surface area contributed by atoms with E-state index in [1.165, 1.54) is 30.3 Å². The number of phenolic OH excluding ortho intramolecular Hbond substituents is 1. The van der Waals surface area contributed by atoms with Crippen LogP contribution in [-0.4, -0.2) is 59.8 Å². The Morgan fingerprint density at radius 1 is 0.889 bits per heavy atom. The van der Waals surface area contributed by atoms with Gasteiger partial charge in [-0.05, 0) is 48.0 Å². The minimum atomic E-state index is -4.65. The summed E-state index contributed by atoms with van der Waals surface area (Å²) in [6.45, 7) is -1.51. The molecule has 1 heterocycles. The lowest BCUT2D eigenvalue weighted by atomic mass is 9.90. The first kappa shape index (κ1) is 30.4. The van der Waals surface area contributed by atoms with Crippen LogP contribution in [0.4, 0.5) is 17.1 Å². The van der Waals surface area contributed by atoms with Gasteiger partial charge in [-0.25, -0.2) is 13.2 Å². The lowest BCUT2D eigenvalue weighted by molar-refractivity contribution is -0.136. The minimum Gasteiger partial charge on any atom is -0.506 e. The van der Waals surface area contributed by atoms with Crippen molar-refractivity contribution in [3.05, 3.63) is 83.7 Å². The maximum Gasteiger partial charge on any atom is 0.336 e. The van der Waals surface area contributed by atoms with Crippen molar-refractivity contribution in [3.63, 3.8) is 0 Å². The molecule has 8 N–H and O–H groups in total. The molecule has 0 bridgehead atoms. The highest BCUT2D eigenvalue weighted by atomic mass is 32.2. The number of fused-ring (bicyclic) bond motifs is 2. The number of hydrogen-bond acceptors (Lipinski definition) is 10. The Morgan fingerprint density at radius 3 is 2.22 bits per heavy atom. The molecule has 3 aromatic rings. The molecular formula is C30H24N4O10S. The Morgan fingerprint density at radius 2 is 1.58 bits per heavy atom. The SMILES string of the molecule is N=c1ccc2c(-c3ccccc3C(=O)O)c3ccc(N)cc3oc-2c1S(=O)(=O)Nc1ccc(N(CC(=O)O)CC(=O)O)c(O)c1. The molecule has 0 spiro atoms. The number of nitrogen functional groups attached to an aromatic ring is 1. The number of rotatable bonds is 10. The lowest BCUT2D eigenvalue weighted by Gasteiger charge is -2.22. The first-order chi connectivity index (χ1) is 21.3. The molecule has 0 unspecified atom stereocenters. The fourth-order valence-corrected chi connectivity index (χ4v) is 6.30. The molecule has 0 aromatic heterocycles. The number of sulfonamides is 1. The van der Waals surface area contributed by atoms with E-state index in [9.17, 15) is 33.0 Å². The number of carboxylic acids is 3. The van der Waals surface area contributed by atoms with Gasteiger partial charge in [-0.1, -0.05) is 18.2 Å². The number of aromatic hydroxyl groups is 1. The molecule has 14 nitrogen and oxygen atoms in total. The quantitative estimate of drug-likeness (QED) is 0.0864. The van der Waals surface area contributed by atoms with Gasteiger partial charge in [0.15, 0.2) is 10.7 Å². The maximum absolute atomic E-state index is 13.8. The van der Waals surface area contributed by atoms with Crippen LogP contribution in [0.5, 0.6) is 5.75 Å². The maximum atomic E-state index is 13.8. The van der Waals surface area contributed by atoms with E-state index in [-0.39, 0.29) is 45.1 Å². The predicted molar refractivity (Wildman–Crippen MR) is 162 cm³/mol. The van der Waals surface area contributed by atoms with Gasteiger partial charge in [-0.15, -0.1) is 0 Å².